The zero-order chi connectivity index (χ0) is 27.6. The number of hydrogen-bond acceptors (Lipinski definition) is 15. The lowest BCUT2D eigenvalue weighted by Gasteiger charge is -2.10. The van der Waals surface area contributed by atoms with Crippen molar-refractivity contribution in [1.29, 1.82) is 0 Å². The first-order valence-corrected chi connectivity index (χ1v) is 9.51. The molecule has 1 aromatic heterocycles. The van der Waals surface area contributed by atoms with Crippen LogP contribution >= 0.6 is 0 Å². The highest BCUT2D eigenvalue weighted by atomic mass is 16.6. The molecule has 0 aliphatic rings. The van der Waals surface area contributed by atoms with Crippen LogP contribution in [0.25, 0.3) is 22.9 Å². The first kappa shape index (κ1) is 26.0. The molecule has 0 atom stereocenters. The van der Waals surface area contributed by atoms with Gasteiger partial charge in [-0.25, -0.2) is 0 Å². The Bertz CT molecular complexity index is 1260. The topological polar surface area (TPSA) is 248 Å². The molecule has 0 radical (unpaired) electrons. The Kier molecular flexibility index (Phi) is 6.98. The van der Waals surface area contributed by atoms with Crippen molar-refractivity contribution in [3.63, 3.8) is 0 Å². The summed E-state index contributed by atoms with van der Waals surface area (Å²) in [6.07, 6.45) is 0. The van der Waals surface area contributed by atoms with Crippen LogP contribution in [-0.2, 0) is 0 Å². The van der Waals surface area contributed by atoms with Crippen molar-refractivity contribution in [2.24, 2.45) is 0 Å². The third kappa shape index (κ3) is 4.31. The molecule has 0 unspecified atom stereocenters. The predicted octanol–water partition coefficient (Wildman–Crippen LogP) is 3.07. The maximum Gasteiger partial charge on any atom is 0.330 e. The van der Waals surface area contributed by atoms with Gasteiger partial charge in [0.05, 0.1) is 48.1 Å². The molecule has 3 rings (SSSR count). The third-order valence-electron chi connectivity index (χ3n) is 4.87. The highest BCUT2D eigenvalue weighted by Crippen LogP contribution is 2.52. The molecule has 194 valence electrons. The molecule has 0 bridgehead atoms. The molecule has 19 nitrogen and oxygen atoms in total. The second kappa shape index (κ2) is 9.93. The van der Waals surface area contributed by atoms with Gasteiger partial charge in [-0.3, -0.25) is 40.5 Å². The van der Waals surface area contributed by atoms with E-state index in [1.807, 2.05) is 0 Å². The van der Waals surface area contributed by atoms with Crippen LogP contribution in [0.15, 0.2) is 16.5 Å². The minimum absolute atomic E-state index is 0.484. The number of ether oxygens (including phenoxy) is 4. The summed E-state index contributed by atoms with van der Waals surface area (Å²) < 4.78 is 25.2. The Hall–Kier alpha value is -5.62. The Balaban J connectivity index is 2.49. The van der Waals surface area contributed by atoms with E-state index in [0.717, 1.165) is 40.6 Å². The third-order valence-corrected chi connectivity index (χ3v) is 4.87. The number of nitrogens with zero attached hydrogens (tertiary/aromatic N) is 6. The number of rotatable bonds is 10. The van der Waals surface area contributed by atoms with Gasteiger partial charge in [0.25, 0.3) is 11.8 Å². The van der Waals surface area contributed by atoms with Gasteiger partial charge >= 0.3 is 22.7 Å². The summed E-state index contributed by atoms with van der Waals surface area (Å²) in [5, 5.41) is 54.5. The molecule has 3 aromatic rings. The summed E-state index contributed by atoms with van der Waals surface area (Å²) in [6.45, 7) is 0. The van der Waals surface area contributed by atoms with Gasteiger partial charge in [-0.2, -0.15) is 0 Å². The molecule has 0 aliphatic heterocycles. The lowest BCUT2D eigenvalue weighted by atomic mass is 10.1. The fourth-order valence-corrected chi connectivity index (χ4v) is 3.41. The molecule has 0 amide bonds. The average Bonchev–Trinajstić information content (AvgIpc) is 3.34. The van der Waals surface area contributed by atoms with Crippen molar-refractivity contribution in [3.8, 4) is 45.9 Å². The minimum atomic E-state index is -1.02. The van der Waals surface area contributed by atoms with Gasteiger partial charge in [0, 0.05) is 12.1 Å². The Morgan fingerprint density at radius 3 is 1.00 bits per heavy atom. The molecule has 0 saturated heterocycles. The summed E-state index contributed by atoms with van der Waals surface area (Å²) in [5.74, 6) is -3.72. The Labute approximate surface area is 203 Å². The zero-order valence-corrected chi connectivity index (χ0v) is 19.1. The van der Waals surface area contributed by atoms with Crippen molar-refractivity contribution < 1.29 is 43.1 Å². The second-order valence-electron chi connectivity index (χ2n) is 6.65. The molecule has 0 spiro atoms. The van der Waals surface area contributed by atoms with E-state index in [9.17, 15) is 40.5 Å². The summed E-state index contributed by atoms with van der Waals surface area (Å²) in [7, 11) is 4.19. The van der Waals surface area contributed by atoms with Crippen LogP contribution in [0.2, 0.25) is 0 Å². The van der Waals surface area contributed by atoms with Gasteiger partial charge in [0.2, 0.25) is 34.1 Å². The van der Waals surface area contributed by atoms with Crippen molar-refractivity contribution in [2.45, 2.75) is 0 Å². The van der Waals surface area contributed by atoms with Crippen LogP contribution < -0.4 is 18.9 Å². The van der Waals surface area contributed by atoms with E-state index in [1.54, 1.807) is 0 Å². The molecule has 0 N–H and O–H groups in total. The number of methoxy groups -OCH3 is 4. The van der Waals surface area contributed by atoms with E-state index in [1.165, 1.54) is 0 Å². The van der Waals surface area contributed by atoms with Gasteiger partial charge in [0.1, 0.15) is 0 Å². The van der Waals surface area contributed by atoms with E-state index in [4.69, 9.17) is 23.4 Å². The van der Waals surface area contributed by atoms with Gasteiger partial charge in [-0.15, -0.1) is 10.2 Å². The average molecular weight is 522 g/mol. The molecule has 0 saturated carbocycles. The predicted molar refractivity (Wildman–Crippen MR) is 118 cm³/mol. The monoisotopic (exact) mass is 522 g/mol. The van der Waals surface area contributed by atoms with Crippen LogP contribution in [0.4, 0.5) is 22.7 Å². The molecule has 1 heterocycles. The summed E-state index contributed by atoms with van der Waals surface area (Å²) in [5.41, 5.74) is -5.64. The lowest BCUT2D eigenvalue weighted by Crippen LogP contribution is -2.03. The number of aromatic nitrogens is 2. The fraction of sp³-hybridized carbons (Fsp3) is 0.222. The van der Waals surface area contributed by atoms with Crippen LogP contribution in [0.3, 0.4) is 0 Å². The smallest absolute Gasteiger partial charge is 0.330 e. The number of benzene rings is 2. The van der Waals surface area contributed by atoms with Gasteiger partial charge in [-0.1, -0.05) is 0 Å². The van der Waals surface area contributed by atoms with Crippen LogP contribution in [0, 0.1) is 40.5 Å². The van der Waals surface area contributed by atoms with Crippen molar-refractivity contribution in [2.75, 3.05) is 28.4 Å². The first-order valence-electron chi connectivity index (χ1n) is 9.51. The molecule has 0 aliphatic carbocycles. The fourth-order valence-electron chi connectivity index (χ4n) is 3.41. The van der Waals surface area contributed by atoms with E-state index in [-0.39, 0.29) is 0 Å². The van der Waals surface area contributed by atoms with E-state index >= 15 is 0 Å². The second-order valence-corrected chi connectivity index (χ2v) is 6.65. The van der Waals surface area contributed by atoms with Crippen LogP contribution in [0.5, 0.6) is 23.0 Å². The van der Waals surface area contributed by atoms with Crippen molar-refractivity contribution in [3.05, 3.63) is 52.6 Å². The normalized spacial score (nSPS) is 10.5. The Morgan fingerprint density at radius 1 is 0.568 bits per heavy atom. The van der Waals surface area contributed by atoms with E-state index in [0.29, 0.717) is 0 Å². The summed E-state index contributed by atoms with van der Waals surface area (Å²) in [6, 6.07) is 1.78. The SMILES string of the molecule is COc1cc(OC)c([N+](=O)[O-])c(-c2nnc(-c3c([N+](=O)[O-])c(OC)cc(OC)c3[N+](=O)[O-])o2)c1[N+](=O)[O-]. The van der Waals surface area contributed by atoms with E-state index in [2.05, 4.69) is 10.2 Å². The van der Waals surface area contributed by atoms with Gasteiger partial charge in [0.15, 0.2) is 0 Å². The van der Waals surface area contributed by atoms with Crippen molar-refractivity contribution >= 4 is 22.7 Å². The van der Waals surface area contributed by atoms with Crippen LogP contribution in [-0.4, -0.2) is 58.3 Å². The molecular weight excluding hydrogens is 508 g/mol. The minimum Gasteiger partial charge on any atom is -0.490 e. The lowest BCUT2D eigenvalue weighted by molar-refractivity contribution is -0.394. The van der Waals surface area contributed by atoms with Crippen LogP contribution in [0.1, 0.15) is 0 Å². The largest absolute Gasteiger partial charge is 0.490 e. The maximum absolute atomic E-state index is 11.8. The number of nitro benzene ring substituents is 4. The summed E-state index contributed by atoms with van der Waals surface area (Å²) >= 11 is 0. The quantitative estimate of drug-likeness (QED) is 0.274. The first-order chi connectivity index (χ1) is 17.5. The molecular formula is C18H14N6O13. The molecule has 37 heavy (non-hydrogen) atoms. The molecule has 19 heteroatoms. The maximum atomic E-state index is 11.8. The standard InChI is InChI=1S/C18H14N6O13/c1-33-7-5-8(34-2)14(22(27)28)11(13(7)21(25)26)17-19-20-18(37-17)12-15(23(29)30)9(35-3)6-10(36-4)16(12)24(31)32/h5-6H,1-4H3. The Morgan fingerprint density at radius 2 is 0.811 bits per heavy atom. The number of nitro groups is 4. The van der Waals surface area contributed by atoms with E-state index < -0.39 is 88.3 Å². The van der Waals surface area contributed by atoms with Gasteiger partial charge < -0.3 is 23.4 Å². The highest BCUT2D eigenvalue weighted by molar-refractivity contribution is 5.88. The molecule has 0 fully saturated rings. The molecule has 2 aromatic carbocycles. The van der Waals surface area contributed by atoms with Crippen molar-refractivity contribution in [1.82, 2.24) is 10.2 Å². The highest BCUT2D eigenvalue weighted by Gasteiger charge is 2.42. The van der Waals surface area contributed by atoms with Gasteiger partial charge in [-0.05, 0) is 0 Å². The number of hydrogen-bond donors (Lipinski definition) is 0. The summed E-state index contributed by atoms with van der Waals surface area (Å²) in [4.78, 5) is 43.3. The zero-order valence-electron chi connectivity index (χ0n) is 19.1.